The Kier molecular flexibility index (Phi) is 11.0. The zero-order chi connectivity index (χ0) is 14.5. The van der Waals surface area contributed by atoms with Crippen LogP contribution in [-0.2, 0) is 4.79 Å². The van der Waals surface area contributed by atoms with Crippen LogP contribution in [0, 0.1) is 5.92 Å². The van der Waals surface area contributed by atoms with Crippen LogP contribution in [0.15, 0.2) is 5.16 Å². The van der Waals surface area contributed by atoms with Crippen molar-refractivity contribution in [2.45, 2.75) is 65.2 Å². The van der Waals surface area contributed by atoms with Gasteiger partial charge in [-0.15, -0.1) is 0 Å². The molecule has 0 rings (SSSR count). The normalized spacial score (nSPS) is 13.3. The molecule has 0 radical (unpaired) electrons. The first-order chi connectivity index (χ1) is 9.13. The maximum atomic E-state index is 11.6. The van der Waals surface area contributed by atoms with Gasteiger partial charge in [0.25, 0.3) is 0 Å². The first-order valence-electron chi connectivity index (χ1n) is 7.38. The van der Waals surface area contributed by atoms with E-state index < -0.39 is 5.92 Å². The molecule has 0 spiro atoms. The van der Waals surface area contributed by atoms with Gasteiger partial charge >= 0.3 is 0 Å². The molecule has 5 nitrogen and oxygen atoms in total. The summed E-state index contributed by atoms with van der Waals surface area (Å²) in [7, 11) is 0. The van der Waals surface area contributed by atoms with Crippen molar-refractivity contribution in [3.05, 3.63) is 0 Å². The number of hydrogen-bond donors (Lipinski definition) is 3. The van der Waals surface area contributed by atoms with Gasteiger partial charge in [-0.3, -0.25) is 4.79 Å². The number of oxime groups is 1. The van der Waals surface area contributed by atoms with Crippen molar-refractivity contribution in [2.75, 3.05) is 6.54 Å². The van der Waals surface area contributed by atoms with Gasteiger partial charge in [0.2, 0.25) is 5.91 Å². The summed E-state index contributed by atoms with van der Waals surface area (Å²) in [4.78, 5) is 11.6. The van der Waals surface area contributed by atoms with Crippen LogP contribution in [0.3, 0.4) is 0 Å². The van der Waals surface area contributed by atoms with Crippen LogP contribution in [0.4, 0.5) is 0 Å². The average Bonchev–Trinajstić information content (AvgIpc) is 2.43. The highest BCUT2D eigenvalue weighted by molar-refractivity contribution is 6.01. The van der Waals surface area contributed by atoms with Crippen molar-refractivity contribution in [3.8, 4) is 0 Å². The number of amides is 1. The molecule has 0 aromatic rings. The molecule has 0 saturated carbocycles. The van der Waals surface area contributed by atoms with Gasteiger partial charge in [0, 0.05) is 6.54 Å². The number of nitrogens with one attached hydrogen (secondary N) is 1. The Morgan fingerprint density at radius 3 is 2.21 bits per heavy atom. The highest BCUT2D eigenvalue weighted by Crippen LogP contribution is 2.08. The summed E-state index contributed by atoms with van der Waals surface area (Å²) >= 11 is 0. The zero-order valence-electron chi connectivity index (χ0n) is 12.3. The van der Waals surface area contributed by atoms with Crippen molar-refractivity contribution < 1.29 is 10.0 Å². The molecular weight excluding hydrogens is 242 g/mol. The minimum absolute atomic E-state index is 0.0478. The van der Waals surface area contributed by atoms with Gasteiger partial charge in [-0.25, -0.2) is 0 Å². The van der Waals surface area contributed by atoms with Crippen LogP contribution < -0.4 is 11.1 Å². The summed E-state index contributed by atoms with van der Waals surface area (Å²) in [6, 6.07) is 0. The lowest BCUT2D eigenvalue weighted by atomic mass is 10.1. The molecular formula is C14H29N3O2. The Hall–Kier alpha value is -1.26. The molecule has 0 aromatic carbocycles. The first-order valence-corrected chi connectivity index (χ1v) is 7.38. The largest absolute Gasteiger partial charge is 0.409 e. The molecule has 5 heteroatoms. The quantitative estimate of drug-likeness (QED) is 0.177. The minimum atomic E-state index is -0.570. The predicted octanol–water partition coefficient (Wildman–Crippen LogP) is 2.63. The molecule has 0 aliphatic rings. The van der Waals surface area contributed by atoms with Crippen LogP contribution in [0.5, 0.6) is 0 Å². The second-order valence-corrected chi connectivity index (χ2v) is 5.01. The SMILES string of the molecule is CCCCCCCCCCNC(=O)C(C)C(N)=NO. The molecule has 0 aliphatic heterocycles. The van der Waals surface area contributed by atoms with Crippen LogP contribution in [-0.4, -0.2) is 23.5 Å². The Bertz CT molecular complexity index is 267. The fourth-order valence-electron chi connectivity index (χ4n) is 1.84. The minimum Gasteiger partial charge on any atom is -0.409 e. The topological polar surface area (TPSA) is 87.7 Å². The van der Waals surface area contributed by atoms with E-state index in [1.54, 1.807) is 6.92 Å². The van der Waals surface area contributed by atoms with E-state index in [1.807, 2.05) is 0 Å². The maximum absolute atomic E-state index is 11.6. The monoisotopic (exact) mass is 271 g/mol. The molecule has 1 amide bonds. The van der Waals surface area contributed by atoms with Crippen molar-refractivity contribution >= 4 is 11.7 Å². The van der Waals surface area contributed by atoms with Gasteiger partial charge in [0.15, 0.2) is 5.84 Å². The van der Waals surface area contributed by atoms with Crippen molar-refractivity contribution in [1.82, 2.24) is 5.32 Å². The summed E-state index contributed by atoms with van der Waals surface area (Å²) in [6.07, 6.45) is 9.92. The predicted molar refractivity (Wildman–Crippen MR) is 78.2 cm³/mol. The Morgan fingerprint density at radius 1 is 1.16 bits per heavy atom. The third-order valence-corrected chi connectivity index (χ3v) is 3.28. The van der Waals surface area contributed by atoms with Crippen LogP contribution in [0.2, 0.25) is 0 Å². The molecule has 0 saturated heterocycles. The summed E-state index contributed by atoms with van der Waals surface area (Å²) in [5, 5.41) is 14.1. The molecule has 112 valence electrons. The summed E-state index contributed by atoms with van der Waals surface area (Å²) < 4.78 is 0. The highest BCUT2D eigenvalue weighted by atomic mass is 16.4. The van der Waals surface area contributed by atoms with Crippen molar-refractivity contribution in [2.24, 2.45) is 16.8 Å². The molecule has 0 bridgehead atoms. The summed E-state index contributed by atoms with van der Waals surface area (Å²) in [5.41, 5.74) is 5.37. The average molecular weight is 271 g/mol. The molecule has 0 aliphatic carbocycles. The molecule has 0 heterocycles. The third kappa shape index (κ3) is 9.33. The first kappa shape index (κ1) is 17.7. The van der Waals surface area contributed by atoms with Gasteiger partial charge in [-0.05, 0) is 13.3 Å². The molecule has 1 unspecified atom stereocenters. The summed E-state index contributed by atoms with van der Waals surface area (Å²) in [6.45, 7) is 4.51. The smallest absolute Gasteiger partial charge is 0.230 e. The van der Waals surface area contributed by atoms with Gasteiger partial charge in [-0.2, -0.15) is 0 Å². The number of hydrogen-bond acceptors (Lipinski definition) is 3. The van der Waals surface area contributed by atoms with Gasteiger partial charge in [0.1, 0.15) is 0 Å². The lowest BCUT2D eigenvalue weighted by Gasteiger charge is -2.10. The number of rotatable bonds is 11. The van der Waals surface area contributed by atoms with E-state index in [-0.39, 0.29) is 11.7 Å². The fourth-order valence-corrected chi connectivity index (χ4v) is 1.84. The van der Waals surface area contributed by atoms with Crippen molar-refractivity contribution in [1.29, 1.82) is 0 Å². The molecule has 4 N–H and O–H groups in total. The number of carbonyl (C=O) groups excluding carboxylic acids is 1. The second kappa shape index (κ2) is 11.8. The lowest BCUT2D eigenvalue weighted by Crippen LogP contribution is -2.37. The lowest BCUT2D eigenvalue weighted by molar-refractivity contribution is -0.122. The standard InChI is InChI=1S/C14H29N3O2/c1-3-4-5-6-7-8-9-10-11-16-14(18)12(2)13(15)17-19/h12,19H,3-11H2,1-2H3,(H2,15,17)(H,16,18). The second-order valence-electron chi connectivity index (χ2n) is 5.01. The van der Waals surface area contributed by atoms with Crippen LogP contribution in [0.25, 0.3) is 0 Å². The number of nitrogens with zero attached hydrogens (tertiary/aromatic N) is 1. The molecule has 19 heavy (non-hydrogen) atoms. The van der Waals surface area contributed by atoms with E-state index in [1.165, 1.54) is 38.5 Å². The van der Waals surface area contributed by atoms with E-state index in [0.717, 1.165) is 12.8 Å². The van der Waals surface area contributed by atoms with Gasteiger partial charge in [0.05, 0.1) is 5.92 Å². The van der Waals surface area contributed by atoms with E-state index >= 15 is 0 Å². The highest BCUT2D eigenvalue weighted by Gasteiger charge is 2.16. The van der Waals surface area contributed by atoms with Gasteiger partial charge in [-0.1, -0.05) is 57.0 Å². The van der Waals surface area contributed by atoms with Crippen molar-refractivity contribution in [3.63, 3.8) is 0 Å². The van der Waals surface area contributed by atoms with E-state index in [9.17, 15) is 4.79 Å². The molecule has 1 atom stereocenters. The Balaban J connectivity index is 3.42. The van der Waals surface area contributed by atoms with Gasteiger partial charge < -0.3 is 16.3 Å². The number of unbranched alkanes of at least 4 members (excludes halogenated alkanes) is 7. The van der Waals surface area contributed by atoms with Crippen LogP contribution >= 0.6 is 0 Å². The van der Waals surface area contributed by atoms with E-state index in [0.29, 0.717) is 6.54 Å². The fraction of sp³-hybridized carbons (Fsp3) is 0.857. The zero-order valence-corrected chi connectivity index (χ0v) is 12.3. The van der Waals surface area contributed by atoms with E-state index in [4.69, 9.17) is 10.9 Å². The number of amidine groups is 1. The van der Waals surface area contributed by atoms with E-state index in [2.05, 4.69) is 17.4 Å². The number of nitrogens with two attached hydrogens (primary N) is 1. The number of carbonyl (C=O) groups is 1. The maximum Gasteiger partial charge on any atom is 0.230 e. The molecule has 0 aromatic heterocycles. The third-order valence-electron chi connectivity index (χ3n) is 3.28. The Labute approximate surface area is 116 Å². The summed E-state index contributed by atoms with van der Waals surface area (Å²) in [5.74, 6) is -0.800. The van der Waals surface area contributed by atoms with Crippen LogP contribution in [0.1, 0.15) is 65.2 Å². The molecule has 0 fully saturated rings. The Morgan fingerprint density at radius 2 is 1.68 bits per heavy atom.